The van der Waals surface area contributed by atoms with E-state index in [-0.39, 0.29) is 12.7 Å². The van der Waals surface area contributed by atoms with E-state index in [1.165, 1.54) is 0 Å². The molecule has 0 aliphatic heterocycles. The van der Waals surface area contributed by atoms with Gasteiger partial charge in [0.15, 0.2) is 11.5 Å². The molecule has 5 heteroatoms. The van der Waals surface area contributed by atoms with Crippen LogP contribution >= 0.6 is 11.6 Å². The third-order valence-corrected chi connectivity index (χ3v) is 2.57. The Hall–Kier alpha value is -0.970. The summed E-state index contributed by atoms with van der Waals surface area (Å²) in [6, 6.07) is 2.83. The molecule has 0 aromatic heterocycles. The molecule has 1 aromatic rings. The molecule has 0 heterocycles. The van der Waals surface area contributed by atoms with E-state index in [4.69, 9.17) is 31.9 Å². The minimum Gasteiger partial charge on any atom is -0.493 e. The number of methoxy groups -OCH3 is 1. The largest absolute Gasteiger partial charge is 0.493 e. The highest BCUT2D eigenvalue weighted by Gasteiger charge is 2.15. The number of benzene rings is 1. The number of rotatable bonds is 5. The molecule has 4 nitrogen and oxygen atoms in total. The number of hydrogen-bond donors (Lipinski definition) is 2. The van der Waals surface area contributed by atoms with E-state index in [0.29, 0.717) is 22.1 Å². The van der Waals surface area contributed by atoms with E-state index >= 15 is 0 Å². The van der Waals surface area contributed by atoms with Crippen LogP contribution in [0.4, 0.5) is 0 Å². The summed E-state index contributed by atoms with van der Waals surface area (Å²) in [6.45, 7) is 3.66. The van der Waals surface area contributed by atoms with Crippen molar-refractivity contribution in [1.82, 2.24) is 0 Å². The number of hydrogen-bond acceptors (Lipinski definition) is 4. The van der Waals surface area contributed by atoms with Crippen LogP contribution in [-0.4, -0.2) is 24.9 Å². The summed E-state index contributed by atoms with van der Waals surface area (Å²) in [5, 5.41) is 9.51. The molecule has 0 bridgehead atoms. The second kappa shape index (κ2) is 6.10. The van der Waals surface area contributed by atoms with E-state index in [1.54, 1.807) is 19.2 Å². The van der Waals surface area contributed by atoms with Crippen molar-refractivity contribution in [1.29, 1.82) is 0 Å². The van der Waals surface area contributed by atoms with Crippen molar-refractivity contribution in [3.05, 3.63) is 22.7 Å². The lowest BCUT2D eigenvalue weighted by Crippen LogP contribution is -2.16. The summed E-state index contributed by atoms with van der Waals surface area (Å²) in [5.41, 5.74) is 6.40. The van der Waals surface area contributed by atoms with Crippen molar-refractivity contribution in [2.24, 2.45) is 5.73 Å². The van der Waals surface area contributed by atoms with Gasteiger partial charge in [-0.3, -0.25) is 0 Å². The Morgan fingerprint density at radius 2 is 2.00 bits per heavy atom. The maximum Gasteiger partial charge on any atom is 0.162 e. The average Bonchev–Trinajstić information content (AvgIpc) is 2.29. The highest BCUT2D eigenvalue weighted by Crippen LogP contribution is 2.35. The molecular formula is C12H18ClNO3. The van der Waals surface area contributed by atoms with E-state index in [2.05, 4.69) is 0 Å². The fourth-order valence-corrected chi connectivity index (χ4v) is 1.73. The van der Waals surface area contributed by atoms with Gasteiger partial charge in [-0.2, -0.15) is 0 Å². The van der Waals surface area contributed by atoms with Crippen LogP contribution in [-0.2, 0) is 0 Å². The Morgan fingerprint density at radius 1 is 1.35 bits per heavy atom. The van der Waals surface area contributed by atoms with Crippen LogP contribution in [0.15, 0.2) is 12.1 Å². The van der Waals surface area contributed by atoms with Crippen LogP contribution in [0.1, 0.15) is 25.5 Å². The quantitative estimate of drug-likeness (QED) is 0.850. The van der Waals surface area contributed by atoms with Crippen molar-refractivity contribution in [2.75, 3.05) is 13.7 Å². The highest BCUT2D eigenvalue weighted by molar-refractivity contribution is 6.31. The SMILES string of the molecule is COc1cc(Cl)c(C(N)CO)cc1OC(C)C. The fourth-order valence-electron chi connectivity index (χ4n) is 1.44. The van der Waals surface area contributed by atoms with Crippen LogP contribution in [0.25, 0.3) is 0 Å². The molecule has 3 N–H and O–H groups in total. The second-order valence-electron chi connectivity index (χ2n) is 3.98. The van der Waals surface area contributed by atoms with E-state index < -0.39 is 6.04 Å². The van der Waals surface area contributed by atoms with Gasteiger partial charge in [-0.25, -0.2) is 0 Å². The molecule has 0 amide bonds. The molecule has 1 atom stereocenters. The predicted molar refractivity (Wildman–Crippen MR) is 67.8 cm³/mol. The van der Waals surface area contributed by atoms with Crippen molar-refractivity contribution >= 4 is 11.6 Å². The molecule has 17 heavy (non-hydrogen) atoms. The van der Waals surface area contributed by atoms with Gasteiger partial charge in [-0.05, 0) is 25.5 Å². The zero-order valence-electron chi connectivity index (χ0n) is 10.2. The second-order valence-corrected chi connectivity index (χ2v) is 4.39. The standard InChI is InChI=1S/C12H18ClNO3/c1-7(2)17-12-4-8(10(14)6-15)9(13)5-11(12)16-3/h4-5,7,10,15H,6,14H2,1-3H3. The van der Waals surface area contributed by atoms with Crippen LogP contribution < -0.4 is 15.2 Å². The monoisotopic (exact) mass is 259 g/mol. The highest BCUT2D eigenvalue weighted by atomic mass is 35.5. The van der Waals surface area contributed by atoms with Gasteiger partial charge in [-0.1, -0.05) is 11.6 Å². The number of ether oxygens (including phenoxy) is 2. The first-order valence-corrected chi connectivity index (χ1v) is 5.78. The topological polar surface area (TPSA) is 64.7 Å². The minimum absolute atomic E-state index is 0.0169. The zero-order valence-corrected chi connectivity index (χ0v) is 11.0. The Bertz CT molecular complexity index is 382. The minimum atomic E-state index is -0.525. The molecule has 96 valence electrons. The summed E-state index contributed by atoms with van der Waals surface area (Å²) in [6.07, 6.45) is 0.0169. The van der Waals surface area contributed by atoms with Gasteiger partial charge in [0.05, 0.1) is 25.9 Å². The van der Waals surface area contributed by atoms with Crippen LogP contribution in [0, 0.1) is 0 Å². The van der Waals surface area contributed by atoms with Gasteiger partial charge in [0.2, 0.25) is 0 Å². The van der Waals surface area contributed by atoms with Gasteiger partial charge in [-0.15, -0.1) is 0 Å². The van der Waals surface area contributed by atoms with Gasteiger partial charge in [0.25, 0.3) is 0 Å². The summed E-state index contributed by atoms with van der Waals surface area (Å²) in [5.74, 6) is 1.13. The van der Waals surface area contributed by atoms with Crippen molar-refractivity contribution in [2.45, 2.75) is 26.0 Å². The fraction of sp³-hybridized carbons (Fsp3) is 0.500. The average molecular weight is 260 g/mol. The molecule has 0 saturated carbocycles. The van der Waals surface area contributed by atoms with Crippen LogP contribution in [0.3, 0.4) is 0 Å². The first-order chi connectivity index (χ1) is 7.99. The lowest BCUT2D eigenvalue weighted by molar-refractivity contribution is 0.229. The van der Waals surface area contributed by atoms with Crippen LogP contribution in [0.5, 0.6) is 11.5 Å². The molecule has 1 rings (SSSR count). The van der Waals surface area contributed by atoms with Gasteiger partial charge in [0.1, 0.15) is 0 Å². The molecular weight excluding hydrogens is 242 g/mol. The van der Waals surface area contributed by atoms with Crippen molar-refractivity contribution in [3.63, 3.8) is 0 Å². The number of nitrogens with two attached hydrogens (primary N) is 1. The summed E-state index contributed by atoms with van der Waals surface area (Å²) >= 11 is 6.06. The Kier molecular flexibility index (Phi) is 5.05. The summed E-state index contributed by atoms with van der Waals surface area (Å²) in [7, 11) is 1.55. The Balaban J connectivity index is 3.17. The van der Waals surface area contributed by atoms with E-state index in [1.807, 2.05) is 13.8 Å². The number of aliphatic hydroxyl groups excluding tert-OH is 1. The van der Waals surface area contributed by atoms with Crippen LogP contribution in [0.2, 0.25) is 5.02 Å². The van der Waals surface area contributed by atoms with Gasteiger partial charge >= 0.3 is 0 Å². The maximum atomic E-state index is 9.06. The first kappa shape index (κ1) is 14.1. The first-order valence-electron chi connectivity index (χ1n) is 5.40. The molecule has 0 spiro atoms. The third kappa shape index (κ3) is 3.49. The lowest BCUT2D eigenvalue weighted by atomic mass is 10.1. The van der Waals surface area contributed by atoms with Crippen molar-refractivity contribution < 1.29 is 14.6 Å². The van der Waals surface area contributed by atoms with Gasteiger partial charge < -0.3 is 20.3 Å². The molecule has 0 aliphatic rings. The smallest absolute Gasteiger partial charge is 0.162 e. The molecule has 0 aliphatic carbocycles. The van der Waals surface area contributed by atoms with E-state index in [9.17, 15) is 0 Å². The number of halogens is 1. The molecule has 0 saturated heterocycles. The van der Waals surface area contributed by atoms with E-state index in [0.717, 1.165) is 0 Å². The molecule has 0 fully saturated rings. The zero-order chi connectivity index (χ0) is 13.0. The third-order valence-electron chi connectivity index (χ3n) is 2.24. The normalized spacial score (nSPS) is 12.6. The summed E-state index contributed by atoms with van der Waals surface area (Å²) in [4.78, 5) is 0. The van der Waals surface area contributed by atoms with Crippen molar-refractivity contribution in [3.8, 4) is 11.5 Å². The molecule has 1 aromatic carbocycles. The maximum absolute atomic E-state index is 9.06. The predicted octanol–water partition coefficient (Wildman–Crippen LogP) is 2.13. The summed E-state index contributed by atoms with van der Waals surface area (Å²) < 4.78 is 10.8. The lowest BCUT2D eigenvalue weighted by Gasteiger charge is -2.18. The van der Waals surface area contributed by atoms with Gasteiger partial charge in [0, 0.05) is 11.1 Å². The molecule has 1 unspecified atom stereocenters. The number of aliphatic hydroxyl groups is 1. The molecule has 0 radical (unpaired) electrons. The Morgan fingerprint density at radius 3 is 2.47 bits per heavy atom. The Labute approximate surface area is 106 Å².